The van der Waals surface area contributed by atoms with Gasteiger partial charge in [0.25, 0.3) is 0 Å². The number of halogens is 3. The van der Waals surface area contributed by atoms with Gasteiger partial charge in [0.05, 0.1) is 17.9 Å². The molecular formula is C17H20F3N3O. The van der Waals surface area contributed by atoms with Crippen LogP contribution in [0.2, 0.25) is 0 Å². The third kappa shape index (κ3) is 3.32. The molecule has 0 aliphatic carbocycles. The van der Waals surface area contributed by atoms with Gasteiger partial charge < -0.3 is 5.11 Å². The van der Waals surface area contributed by atoms with E-state index in [-0.39, 0.29) is 6.04 Å². The number of β-amino-alcohol motifs (C(OH)–C–C–N with tert-alkyl or cyclic N) is 1. The van der Waals surface area contributed by atoms with Crippen LogP contribution in [0.1, 0.15) is 34.8 Å². The Labute approximate surface area is 138 Å². The lowest BCUT2D eigenvalue weighted by Gasteiger charge is -2.25. The monoisotopic (exact) mass is 339 g/mol. The highest BCUT2D eigenvalue weighted by Crippen LogP contribution is 2.37. The molecule has 4 nitrogen and oxygen atoms in total. The summed E-state index contributed by atoms with van der Waals surface area (Å²) in [5, 5.41) is 14.2. The lowest BCUT2D eigenvalue weighted by molar-refractivity contribution is -0.137. The van der Waals surface area contributed by atoms with Crippen molar-refractivity contribution < 1.29 is 18.3 Å². The lowest BCUT2D eigenvalue weighted by atomic mass is 10.0. The molecule has 1 saturated heterocycles. The topological polar surface area (TPSA) is 41.3 Å². The lowest BCUT2D eigenvalue weighted by Crippen LogP contribution is -2.24. The predicted octanol–water partition coefficient (Wildman–Crippen LogP) is 3.06. The molecule has 0 bridgehead atoms. The molecule has 0 radical (unpaired) electrons. The van der Waals surface area contributed by atoms with E-state index in [9.17, 15) is 18.3 Å². The van der Waals surface area contributed by atoms with Crippen LogP contribution in [0.3, 0.4) is 0 Å². The zero-order chi connectivity index (χ0) is 17.5. The number of hydrogen-bond donors (Lipinski definition) is 1. The minimum Gasteiger partial charge on any atom is -0.392 e. The molecule has 2 aromatic rings. The fourth-order valence-corrected chi connectivity index (χ4v) is 3.24. The maximum Gasteiger partial charge on any atom is 0.416 e. The van der Waals surface area contributed by atoms with Crippen molar-refractivity contribution >= 4 is 0 Å². The third-order valence-electron chi connectivity index (χ3n) is 4.69. The summed E-state index contributed by atoms with van der Waals surface area (Å²) in [6.45, 7) is 2.95. The number of aryl methyl sites for hydroxylation is 1. The molecule has 1 fully saturated rings. The Morgan fingerprint density at radius 3 is 2.71 bits per heavy atom. The van der Waals surface area contributed by atoms with E-state index in [1.165, 1.54) is 12.1 Å². The zero-order valence-electron chi connectivity index (χ0n) is 13.6. The van der Waals surface area contributed by atoms with E-state index in [0.29, 0.717) is 25.1 Å². The minimum absolute atomic E-state index is 0.234. The molecule has 0 amide bonds. The highest BCUT2D eigenvalue weighted by molar-refractivity contribution is 5.29. The molecule has 7 heteroatoms. The molecular weight excluding hydrogens is 319 g/mol. The molecule has 2 heterocycles. The van der Waals surface area contributed by atoms with Gasteiger partial charge in [-0.25, -0.2) is 0 Å². The van der Waals surface area contributed by atoms with Crippen molar-refractivity contribution in [3.63, 3.8) is 0 Å². The molecule has 3 rings (SSSR count). The van der Waals surface area contributed by atoms with Crippen molar-refractivity contribution in [3.05, 3.63) is 52.8 Å². The van der Waals surface area contributed by atoms with E-state index in [4.69, 9.17) is 0 Å². The Balaban J connectivity index is 1.87. The van der Waals surface area contributed by atoms with E-state index in [1.54, 1.807) is 16.9 Å². The minimum atomic E-state index is -4.36. The molecule has 130 valence electrons. The van der Waals surface area contributed by atoms with E-state index in [2.05, 4.69) is 5.10 Å². The van der Waals surface area contributed by atoms with E-state index in [1.807, 2.05) is 18.9 Å². The number of rotatable bonds is 3. The summed E-state index contributed by atoms with van der Waals surface area (Å²) in [5.74, 6) is 0. The SMILES string of the molecule is Cc1c(CN2CC(O)CC2c2cccc(C(F)(F)F)c2)cnn1C. The van der Waals surface area contributed by atoms with Gasteiger partial charge in [-0.2, -0.15) is 18.3 Å². The normalized spacial score (nSPS) is 22.2. The van der Waals surface area contributed by atoms with Gasteiger partial charge in [0, 0.05) is 37.4 Å². The first-order valence-corrected chi connectivity index (χ1v) is 7.82. The smallest absolute Gasteiger partial charge is 0.392 e. The van der Waals surface area contributed by atoms with Crippen LogP contribution in [0.15, 0.2) is 30.5 Å². The molecule has 1 aliphatic heterocycles. The average Bonchev–Trinajstić information content (AvgIpc) is 3.04. The van der Waals surface area contributed by atoms with Crippen molar-refractivity contribution in [2.24, 2.45) is 7.05 Å². The van der Waals surface area contributed by atoms with Gasteiger partial charge in [0.1, 0.15) is 0 Å². The predicted molar refractivity (Wildman–Crippen MR) is 83.2 cm³/mol. The highest BCUT2D eigenvalue weighted by Gasteiger charge is 2.35. The summed E-state index contributed by atoms with van der Waals surface area (Å²) in [5.41, 5.74) is 1.96. The second kappa shape index (κ2) is 6.22. The second-order valence-corrected chi connectivity index (χ2v) is 6.34. The zero-order valence-corrected chi connectivity index (χ0v) is 13.6. The summed E-state index contributed by atoms with van der Waals surface area (Å²) in [4.78, 5) is 2.02. The number of alkyl halides is 3. The van der Waals surface area contributed by atoms with E-state index in [0.717, 1.165) is 17.3 Å². The van der Waals surface area contributed by atoms with Crippen LogP contribution in [0.4, 0.5) is 13.2 Å². The summed E-state index contributed by atoms with van der Waals surface area (Å²) in [6, 6.07) is 5.15. The van der Waals surface area contributed by atoms with Crippen molar-refractivity contribution in [3.8, 4) is 0 Å². The summed E-state index contributed by atoms with van der Waals surface area (Å²) in [6.07, 6.45) is -2.71. The van der Waals surface area contributed by atoms with Crippen LogP contribution in [0.25, 0.3) is 0 Å². The number of benzene rings is 1. The molecule has 24 heavy (non-hydrogen) atoms. The van der Waals surface area contributed by atoms with Crippen LogP contribution in [0.5, 0.6) is 0 Å². The molecule has 0 spiro atoms. The Morgan fingerprint density at radius 1 is 1.33 bits per heavy atom. The molecule has 1 aromatic heterocycles. The van der Waals surface area contributed by atoms with Crippen molar-refractivity contribution in [2.75, 3.05) is 6.54 Å². The van der Waals surface area contributed by atoms with E-state index >= 15 is 0 Å². The standard InChI is InChI=1S/C17H20F3N3O/c1-11-13(8-21-22(11)2)9-23-10-15(24)7-16(23)12-4-3-5-14(6-12)17(18,19)20/h3-6,8,15-16,24H,7,9-10H2,1-2H3. The van der Waals surface area contributed by atoms with Gasteiger partial charge in [-0.1, -0.05) is 12.1 Å². The summed E-state index contributed by atoms with van der Waals surface area (Å²) >= 11 is 0. The summed E-state index contributed by atoms with van der Waals surface area (Å²) in [7, 11) is 1.85. The highest BCUT2D eigenvalue weighted by atomic mass is 19.4. The third-order valence-corrected chi connectivity index (χ3v) is 4.69. The Morgan fingerprint density at radius 2 is 2.08 bits per heavy atom. The van der Waals surface area contributed by atoms with Crippen molar-refractivity contribution in [1.29, 1.82) is 0 Å². The average molecular weight is 339 g/mol. The van der Waals surface area contributed by atoms with Gasteiger partial charge in [-0.3, -0.25) is 9.58 Å². The van der Waals surface area contributed by atoms with Crippen LogP contribution >= 0.6 is 0 Å². The van der Waals surface area contributed by atoms with Gasteiger partial charge >= 0.3 is 6.18 Å². The second-order valence-electron chi connectivity index (χ2n) is 6.34. The van der Waals surface area contributed by atoms with Crippen LogP contribution in [-0.2, 0) is 19.8 Å². The molecule has 2 atom stereocenters. The number of aromatic nitrogens is 2. The molecule has 1 aliphatic rings. The number of aliphatic hydroxyl groups is 1. The molecule has 0 saturated carbocycles. The first-order valence-electron chi connectivity index (χ1n) is 7.82. The van der Waals surface area contributed by atoms with Crippen LogP contribution in [0, 0.1) is 6.92 Å². The fourth-order valence-electron chi connectivity index (χ4n) is 3.24. The van der Waals surface area contributed by atoms with Gasteiger partial charge in [-0.05, 0) is 31.0 Å². The van der Waals surface area contributed by atoms with Gasteiger partial charge in [0.15, 0.2) is 0 Å². The molecule has 1 N–H and O–H groups in total. The Bertz CT molecular complexity index is 726. The Hall–Kier alpha value is -1.86. The van der Waals surface area contributed by atoms with Crippen molar-refractivity contribution in [1.82, 2.24) is 14.7 Å². The Kier molecular flexibility index (Phi) is 4.40. The quantitative estimate of drug-likeness (QED) is 0.934. The van der Waals surface area contributed by atoms with Gasteiger partial charge in [-0.15, -0.1) is 0 Å². The molecule has 1 aromatic carbocycles. The maximum atomic E-state index is 13.0. The fraction of sp³-hybridized carbons (Fsp3) is 0.471. The van der Waals surface area contributed by atoms with Crippen LogP contribution in [-0.4, -0.2) is 32.4 Å². The number of aliphatic hydroxyl groups excluding tert-OH is 1. The number of nitrogens with zero attached hydrogens (tertiary/aromatic N) is 3. The summed E-state index contributed by atoms with van der Waals surface area (Å²) < 4.78 is 40.6. The number of hydrogen-bond acceptors (Lipinski definition) is 3. The first-order chi connectivity index (χ1) is 11.3. The van der Waals surface area contributed by atoms with E-state index < -0.39 is 17.8 Å². The van der Waals surface area contributed by atoms with Gasteiger partial charge in [0.2, 0.25) is 0 Å². The number of likely N-dealkylation sites (tertiary alicyclic amines) is 1. The molecule has 2 unspecified atom stereocenters. The van der Waals surface area contributed by atoms with Crippen LogP contribution < -0.4 is 0 Å². The first kappa shape index (κ1) is 17.0. The van der Waals surface area contributed by atoms with Crippen molar-refractivity contribution in [2.45, 2.75) is 38.2 Å². The maximum absolute atomic E-state index is 13.0. The largest absolute Gasteiger partial charge is 0.416 e.